The van der Waals surface area contributed by atoms with Crippen LogP contribution >= 0.6 is 11.8 Å². The van der Waals surface area contributed by atoms with Gasteiger partial charge in [0.1, 0.15) is 6.54 Å². The summed E-state index contributed by atoms with van der Waals surface area (Å²) < 4.78 is 61.3. The molecule has 0 unspecified atom stereocenters. The molecule has 0 amide bonds. The van der Waals surface area contributed by atoms with E-state index in [2.05, 4.69) is 5.10 Å². The van der Waals surface area contributed by atoms with Crippen LogP contribution < -0.4 is 5.56 Å². The van der Waals surface area contributed by atoms with Gasteiger partial charge in [-0.05, 0) is 17.7 Å². The highest BCUT2D eigenvalue weighted by Gasteiger charge is 2.30. The second-order valence-corrected chi connectivity index (χ2v) is 10.8. The van der Waals surface area contributed by atoms with Crippen molar-refractivity contribution in [2.75, 3.05) is 6.26 Å². The number of aromatic nitrogens is 2. The summed E-state index contributed by atoms with van der Waals surface area (Å²) in [5, 5.41) is 3.65. The monoisotopic (exact) mass is 420 g/mol. The summed E-state index contributed by atoms with van der Waals surface area (Å²) in [6, 6.07) is 5.79. The highest BCUT2D eigenvalue weighted by atomic mass is 32.2. The van der Waals surface area contributed by atoms with Gasteiger partial charge in [-0.25, -0.2) is 13.1 Å². The van der Waals surface area contributed by atoms with Crippen molar-refractivity contribution in [2.24, 2.45) is 0 Å². The first-order valence-corrected chi connectivity index (χ1v) is 10.5. The van der Waals surface area contributed by atoms with Crippen LogP contribution in [0.4, 0.5) is 13.2 Å². The average molecular weight is 420 g/mol. The zero-order valence-corrected chi connectivity index (χ0v) is 16.8. The van der Waals surface area contributed by atoms with Crippen LogP contribution in [0.2, 0.25) is 0 Å². The van der Waals surface area contributed by atoms with Crippen LogP contribution in [0.15, 0.2) is 45.0 Å². The van der Waals surface area contributed by atoms with Gasteiger partial charge in [-0.1, -0.05) is 32.9 Å². The molecular formula is C17H19F3N2O3S2. The molecule has 0 atom stereocenters. The Morgan fingerprint density at radius 3 is 2.11 bits per heavy atom. The highest BCUT2D eigenvalue weighted by molar-refractivity contribution is 8.00. The third kappa shape index (κ3) is 5.83. The smallest absolute Gasteiger partial charge is 0.266 e. The van der Waals surface area contributed by atoms with Gasteiger partial charge in [0.25, 0.3) is 5.56 Å². The first-order valence-electron chi connectivity index (χ1n) is 7.84. The normalized spacial score (nSPS) is 13.0. The van der Waals surface area contributed by atoms with Crippen molar-refractivity contribution < 1.29 is 21.6 Å². The molecule has 2 aromatic rings. The van der Waals surface area contributed by atoms with Crippen LogP contribution in [0.5, 0.6) is 0 Å². The Hall–Kier alpha value is -1.81. The maximum atomic E-state index is 12.7. The zero-order valence-electron chi connectivity index (χ0n) is 15.2. The number of sulfone groups is 1. The summed E-state index contributed by atoms with van der Waals surface area (Å²) >= 11 is 1.14. The van der Waals surface area contributed by atoms with Crippen LogP contribution in [0.3, 0.4) is 0 Å². The Balaban J connectivity index is 2.62. The lowest BCUT2D eigenvalue weighted by Crippen LogP contribution is -2.32. The van der Waals surface area contributed by atoms with E-state index in [0.29, 0.717) is 15.8 Å². The third-order valence-corrected chi connectivity index (χ3v) is 5.67. The van der Waals surface area contributed by atoms with E-state index in [0.717, 1.165) is 18.0 Å². The van der Waals surface area contributed by atoms with E-state index in [-0.39, 0.29) is 9.79 Å². The molecule has 0 saturated heterocycles. The molecule has 1 heterocycles. The highest BCUT2D eigenvalue weighted by Crippen LogP contribution is 2.36. The molecule has 0 aliphatic carbocycles. The van der Waals surface area contributed by atoms with Crippen molar-refractivity contribution in [1.29, 1.82) is 0 Å². The van der Waals surface area contributed by atoms with Crippen LogP contribution in [-0.4, -0.2) is 35.4 Å². The quantitative estimate of drug-likeness (QED) is 0.705. The van der Waals surface area contributed by atoms with Gasteiger partial charge in [-0.3, -0.25) is 4.79 Å². The summed E-state index contributed by atoms with van der Waals surface area (Å²) in [6.45, 7) is 4.03. The predicted molar refractivity (Wildman–Crippen MR) is 98.7 cm³/mol. The van der Waals surface area contributed by atoms with E-state index in [1.807, 2.05) is 20.8 Å². The molecule has 0 aliphatic heterocycles. The molecule has 1 aromatic heterocycles. The number of hydrogen-bond acceptors (Lipinski definition) is 5. The molecule has 1 aromatic carbocycles. The fourth-order valence-corrected chi connectivity index (χ4v) is 3.96. The second-order valence-electron chi connectivity index (χ2n) is 6.98. The van der Waals surface area contributed by atoms with Crippen molar-refractivity contribution in [1.82, 2.24) is 9.78 Å². The van der Waals surface area contributed by atoms with Gasteiger partial charge in [0.05, 0.1) is 16.0 Å². The Kier molecular flexibility index (Phi) is 5.82. The van der Waals surface area contributed by atoms with E-state index in [9.17, 15) is 26.4 Å². The summed E-state index contributed by atoms with van der Waals surface area (Å²) in [5.74, 6) is 0. The lowest BCUT2D eigenvalue weighted by Gasteiger charge is -2.20. The summed E-state index contributed by atoms with van der Waals surface area (Å²) in [6.07, 6.45) is -2.29. The van der Waals surface area contributed by atoms with Gasteiger partial charge in [-0.2, -0.15) is 18.3 Å². The van der Waals surface area contributed by atoms with E-state index in [1.165, 1.54) is 30.5 Å². The van der Waals surface area contributed by atoms with Gasteiger partial charge in [0.2, 0.25) is 0 Å². The van der Waals surface area contributed by atoms with E-state index in [1.54, 1.807) is 0 Å². The number of hydrogen-bond donors (Lipinski definition) is 0. The lowest BCUT2D eigenvalue weighted by atomic mass is 10.1. The van der Waals surface area contributed by atoms with Crippen molar-refractivity contribution >= 4 is 21.6 Å². The Morgan fingerprint density at radius 1 is 1.11 bits per heavy atom. The standard InChI is InChI=1S/C17H19F3N2O3S2/c1-16(2,3)26-14-13(9-21-22(15(14)23)10-17(18,19)20)11-5-7-12(8-6-11)27(4,24)25/h5-9H,10H2,1-4H3. The number of halogens is 3. The molecule has 0 N–H and O–H groups in total. The Labute approximate surface area is 159 Å². The molecule has 148 valence electrons. The van der Waals surface area contributed by atoms with Gasteiger partial charge in [0, 0.05) is 16.6 Å². The minimum Gasteiger partial charge on any atom is -0.266 e. The number of nitrogens with zero attached hydrogens (tertiary/aromatic N) is 2. The van der Waals surface area contributed by atoms with Crippen LogP contribution in [0.1, 0.15) is 20.8 Å². The maximum Gasteiger partial charge on any atom is 0.408 e. The third-order valence-electron chi connectivity index (χ3n) is 3.33. The largest absolute Gasteiger partial charge is 0.408 e. The minimum absolute atomic E-state index is 0.106. The van der Waals surface area contributed by atoms with Crippen LogP contribution in [-0.2, 0) is 16.4 Å². The summed E-state index contributed by atoms with van der Waals surface area (Å²) in [5.41, 5.74) is 0.0215. The van der Waals surface area contributed by atoms with E-state index in [4.69, 9.17) is 0 Å². The summed E-state index contributed by atoms with van der Waals surface area (Å²) in [7, 11) is -3.39. The topological polar surface area (TPSA) is 69.0 Å². The van der Waals surface area contributed by atoms with Crippen molar-refractivity contribution in [2.45, 2.75) is 48.0 Å². The number of alkyl halides is 3. The van der Waals surface area contributed by atoms with Crippen molar-refractivity contribution in [3.8, 4) is 11.1 Å². The fourth-order valence-electron chi connectivity index (χ4n) is 2.25. The number of rotatable bonds is 4. The first-order chi connectivity index (χ1) is 12.2. The van der Waals surface area contributed by atoms with Gasteiger partial charge in [0.15, 0.2) is 9.84 Å². The Morgan fingerprint density at radius 2 is 1.67 bits per heavy atom. The summed E-state index contributed by atoms with van der Waals surface area (Å²) in [4.78, 5) is 12.9. The first kappa shape index (κ1) is 21.5. The van der Waals surface area contributed by atoms with E-state index < -0.39 is 32.9 Å². The zero-order chi connectivity index (χ0) is 20.6. The molecule has 2 rings (SSSR count). The SMILES string of the molecule is CC(C)(C)Sc1c(-c2ccc(S(C)(=O)=O)cc2)cnn(CC(F)(F)F)c1=O. The molecule has 0 radical (unpaired) electrons. The molecule has 0 spiro atoms. The van der Waals surface area contributed by atoms with Crippen molar-refractivity contribution in [3.05, 3.63) is 40.8 Å². The molecule has 0 bridgehead atoms. The fraction of sp³-hybridized carbons (Fsp3) is 0.412. The maximum absolute atomic E-state index is 12.7. The van der Waals surface area contributed by atoms with E-state index >= 15 is 0 Å². The second kappa shape index (κ2) is 7.31. The van der Waals surface area contributed by atoms with Gasteiger partial charge < -0.3 is 0 Å². The predicted octanol–water partition coefficient (Wildman–Crippen LogP) is 3.77. The molecule has 0 fully saturated rings. The molecular weight excluding hydrogens is 401 g/mol. The molecule has 5 nitrogen and oxygen atoms in total. The van der Waals surface area contributed by atoms with Gasteiger partial charge >= 0.3 is 6.18 Å². The average Bonchev–Trinajstić information content (AvgIpc) is 2.48. The van der Waals surface area contributed by atoms with Gasteiger partial charge in [-0.15, -0.1) is 11.8 Å². The number of benzene rings is 1. The minimum atomic E-state index is -4.57. The van der Waals surface area contributed by atoms with Crippen LogP contribution in [0.25, 0.3) is 11.1 Å². The molecule has 0 saturated carbocycles. The molecule has 10 heteroatoms. The Bertz CT molecular complexity index is 990. The number of thioether (sulfide) groups is 1. The van der Waals surface area contributed by atoms with Crippen LogP contribution in [0, 0.1) is 0 Å². The van der Waals surface area contributed by atoms with Crippen molar-refractivity contribution in [3.63, 3.8) is 0 Å². The molecule has 0 aliphatic rings. The molecule has 27 heavy (non-hydrogen) atoms. The lowest BCUT2D eigenvalue weighted by molar-refractivity contribution is -0.143.